The van der Waals surface area contributed by atoms with Gasteiger partial charge < -0.3 is 11.1 Å². The maximum atomic E-state index is 11.9. The summed E-state index contributed by atoms with van der Waals surface area (Å²) in [6.45, 7) is 3.95. The number of nitrogen functional groups attached to an aromatic ring is 1. The van der Waals surface area contributed by atoms with Gasteiger partial charge in [-0.25, -0.2) is 12.7 Å². The van der Waals surface area contributed by atoms with Crippen molar-refractivity contribution in [3.8, 4) is 0 Å². The van der Waals surface area contributed by atoms with Crippen LogP contribution in [0.2, 0.25) is 0 Å². The monoisotopic (exact) mass is 311 g/mol. The van der Waals surface area contributed by atoms with Crippen molar-refractivity contribution in [3.05, 3.63) is 23.8 Å². The zero-order chi connectivity index (χ0) is 16.0. The highest BCUT2D eigenvalue weighted by molar-refractivity contribution is 7.94. The zero-order valence-corrected chi connectivity index (χ0v) is 12.8. The van der Waals surface area contributed by atoms with Crippen LogP contribution in [0.4, 0.5) is 11.4 Å². The first kappa shape index (κ1) is 15.3. The van der Waals surface area contributed by atoms with Crippen LogP contribution in [0.1, 0.15) is 19.4 Å². The van der Waals surface area contributed by atoms with E-state index >= 15 is 0 Å². The van der Waals surface area contributed by atoms with Gasteiger partial charge in [0.15, 0.2) is 4.75 Å². The third kappa shape index (κ3) is 2.35. The number of hydrogen-bond donors (Lipinski definition) is 2. The number of rotatable bonds is 3. The highest BCUT2D eigenvalue weighted by Gasteiger charge is 2.60. The molecule has 3 N–H and O–H groups in total. The molecule has 0 atom stereocenters. The summed E-state index contributed by atoms with van der Waals surface area (Å²) in [6, 6.07) is 5.07. The Labute approximate surface area is 123 Å². The van der Waals surface area contributed by atoms with E-state index in [1.165, 1.54) is 13.8 Å². The van der Waals surface area contributed by atoms with Crippen LogP contribution in [0, 0.1) is 6.92 Å². The lowest BCUT2D eigenvalue weighted by Gasteiger charge is -2.42. The molecule has 114 valence electrons. The van der Waals surface area contributed by atoms with Crippen molar-refractivity contribution in [2.45, 2.75) is 25.5 Å². The molecule has 7 nitrogen and oxygen atoms in total. The number of amides is 2. The summed E-state index contributed by atoms with van der Waals surface area (Å²) in [5.41, 5.74) is 7.46. The number of anilines is 2. The summed E-state index contributed by atoms with van der Waals surface area (Å²) < 4.78 is 22.9. The van der Waals surface area contributed by atoms with Crippen molar-refractivity contribution in [2.75, 3.05) is 17.6 Å². The van der Waals surface area contributed by atoms with E-state index in [9.17, 15) is 18.0 Å². The number of nitrogens with zero attached hydrogens (tertiary/aromatic N) is 1. The quantitative estimate of drug-likeness (QED) is 0.788. The molecule has 1 fully saturated rings. The molecule has 1 aliphatic heterocycles. The lowest BCUT2D eigenvalue weighted by atomic mass is 10.2. The fourth-order valence-corrected chi connectivity index (χ4v) is 3.51. The van der Waals surface area contributed by atoms with Gasteiger partial charge in [0.1, 0.15) is 6.54 Å². The van der Waals surface area contributed by atoms with Crippen molar-refractivity contribution in [1.29, 1.82) is 0 Å². The van der Waals surface area contributed by atoms with Crippen LogP contribution in [-0.4, -0.2) is 35.8 Å². The van der Waals surface area contributed by atoms with Crippen LogP contribution in [0.15, 0.2) is 18.2 Å². The number of benzene rings is 1. The molecule has 1 heterocycles. The Morgan fingerprint density at radius 2 is 2.00 bits per heavy atom. The van der Waals surface area contributed by atoms with E-state index in [1.54, 1.807) is 18.2 Å². The van der Waals surface area contributed by atoms with Gasteiger partial charge in [-0.1, -0.05) is 6.07 Å². The lowest BCUT2D eigenvalue weighted by molar-refractivity contribution is -0.134. The van der Waals surface area contributed by atoms with E-state index in [-0.39, 0.29) is 0 Å². The first-order chi connectivity index (χ1) is 9.57. The van der Waals surface area contributed by atoms with Gasteiger partial charge in [0, 0.05) is 0 Å². The van der Waals surface area contributed by atoms with Crippen LogP contribution in [0.3, 0.4) is 0 Å². The molecule has 0 aromatic heterocycles. The number of carbonyl (C=O) groups excluding carboxylic acids is 2. The Bertz CT molecular complexity index is 725. The standard InChI is InChI=1S/C13H17N3O4S/c1-8-4-5-10(9(14)6-8)15-11(17)7-16-12(18)13(2,3)21(16,19)20/h4-6H,7,14H2,1-3H3,(H,15,17). The van der Waals surface area contributed by atoms with Crippen LogP contribution in [-0.2, 0) is 19.6 Å². The van der Waals surface area contributed by atoms with E-state index < -0.39 is 33.1 Å². The average Bonchev–Trinajstić information content (AvgIpc) is 2.38. The van der Waals surface area contributed by atoms with Crippen molar-refractivity contribution in [3.63, 3.8) is 0 Å². The number of aryl methyl sites for hydroxylation is 1. The van der Waals surface area contributed by atoms with Crippen molar-refractivity contribution in [1.82, 2.24) is 4.31 Å². The minimum Gasteiger partial charge on any atom is -0.397 e. The second-order valence-corrected chi connectivity index (χ2v) is 7.88. The van der Waals surface area contributed by atoms with Gasteiger partial charge in [-0.05, 0) is 38.5 Å². The summed E-state index contributed by atoms with van der Waals surface area (Å²) in [5, 5.41) is 2.50. The summed E-state index contributed by atoms with van der Waals surface area (Å²) in [5.74, 6) is -1.20. The molecule has 2 rings (SSSR count). The second kappa shape index (κ2) is 4.73. The molecule has 21 heavy (non-hydrogen) atoms. The molecule has 0 radical (unpaired) electrons. The Morgan fingerprint density at radius 1 is 1.38 bits per heavy atom. The lowest BCUT2D eigenvalue weighted by Crippen LogP contribution is -2.68. The highest BCUT2D eigenvalue weighted by Crippen LogP contribution is 2.34. The van der Waals surface area contributed by atoms with Gasteiger partial charge in [0.2, 0.25) is 5.91 Å². The SMILES string of the molecule is Cc1ccc(NC(=O)CN2C(=O)C(C)(C)S2(=O)=O)c(N)c1. The Kier molecular flexibility index (Phi) is 3.45. The van der Waals surface area contributed by atoms with Crippen LogP contribution >= 0.6 is 0 Å². The number of carbonyl (C=O) groups is 2. The largest absolute Gasteiger partial charge is 0.397 e. The number of nitrogens with two attached hydrogens (primary N) is 1. The van der Waals surface area contributed by atoms with Gasteiger partial charge in [0.05, 0.1) is 11.4 Å². The van der Waals surface area contributed by atoms with Gasteiger partial charge in [0.25, 0.3) is 15.9 Å². The van der Waals surface area contributed by atoms with Crippen LogP contribution in [0.5, 0.6) is 0 Å². The molecule has 0 aliphatic carbocycles. The fourth-order valence-electron chi connectivity index (χ4n) is 2.03. The Hall–Kier alpha value is -2.09. The van der Waals surface area contributed by atoms with Crippen LogP contribution < -0.4 is 11.1 Å². The molecule has 0 spiro atoms. The molecular weight excluding hydrogens is 294 g/mol. The topological polar surface area (TPSA) is 110 Å². The predicted octanol–water partition coefficient (Wildman–Crippen LogP) is 0.466. The van der Waals surface area contributed by atoms with Crippen molar-refractivity contribution >= 4 is 33.2 Å². The molecule has 0 saturated carbocycles. The smallest absolute Gasteiger partial charge is 0.259 e. The summed E-state index contributed by atoms with van der Waals surface area (Å²) in [7, 11) is -3.76. The van der Waals surface area contributed by atoms with Gasteiger partial charge in [-0.3, -0.25) is 9.59 Å². The zero-order valence-electron chi connectivity index (χ0n) is 12.0. The average molecular weight is 311 g/mol. The number of nitrogens with one attached hydrogen (secondary N) is 1. The minimum atomic E-state index is -3.76. The maximum absolute atomic E-state index is 11.9. The van der Waals surface area contributed by atoms with Gasteiger partial charge >= 0.3 is 0 Å². The first-order valence-electron chi connectivity index (χ1n) is 6.30. The minimum absolute atomic E-state index is 0.376. The molecule has 1 saturated heterocycles. The second-order valence-electron chi connectivity index (χ2n) is 5.47. The molecule has 8 heteroatoms. The molecule has 1 aromatic rings. The van der Waals surface area contributed by atoms with E-state index in [1.807, 2.05) is 6.92 Å². The highest BCUT2D eigenvalue weighted by atomic mass is 32.2. The van der Waals surface area contributed by atoms with E-state index in [4.69, 9.17) is 5.73 Å². The van der Waals surface area contributed by atoms with E-state index in [0.717, 1.165) is 5.56 Å². The normalized spacial score (nSPS) is 19.0. The maximum Gasteiger partial charge on any atom is 0.259 e. The number of hydrogen-bond acceptors (Lipinski definition) is 5. The van der Waals surface area contributed by atoms with Gasteiger partial charge in [-0.15, -0.1) is 0 Å². The first-order valence-corrected chi connectivity index (χ1v) is 7.74. The predicted molar refractivity (Wildman–Crippen MR) is 78.9 cm³/mol. The third-order valence-electron chi connectivity index (χ3n) is 3.44. The third-order valence-corrected chi connectivity index (χ3v) is 5.78. The molecule has 0 bridgehead atoms. The fraction of sp³-hybridized carbons (Fsp3) is 0.385. The molecule has 2 amide bonds. The van der Waals surface area contributed by atoms with E-state index in [2.05, 4.69) is 5.32 Å². The van der Waals surface area contributed by atoms with Crippen molar-refractivity contribution < 1.29 is 18.0 Å². The molecule has 0 unspecified atom stereocenters. The van der Waals surface area contributed by atoms with Crippen molar-refractivity contribution in [2.24, 2.45) is 0 Å². The molecular formula is C13H17N3O4S. The summed E-state index contributed by atoms with van der Waals surface area (Å²) in [6.07, 6.45) is 0. The summed E-state index contributed by atoms with van der Waals surface area (Å²) >= 11 is 0. The van der Waals surface area contributed by atoms with Crippen LogP contribution in [0.25, 0.3) is 0 Å². The Morgan fingerprint density at radius 3 is 2.52 bits per heavy atom. The molecule has 1 aliphatic rings. The Balaban J connectivity index is 2.09. The molecule has 1 aromatic carbocycles. The van der Waals surface area contributed by atoms with Gasteiger partial charge in [-0.2, -0.15) is 0 Å². The summed E-state index contributed by atoms with van der Waals surface area (Å²) in [4.78, 5) is 23.6. The van der Waals surface area contributed by atoms with E-state index in [0.29, 0.717) is 15.7 Å². The number of sulfonamides is 1.